The Kier molecular flexibility index (Phi) is 5.60. The van der Waals surface area contributed by atoms with Crippen LogP contribution in [0.5, 0.6) is 5.88 Å². The van der Waals surface area contributed by atoms with Crippen molar-refractivity contribution < 1.29 is 13.9 Å². The van der Waals surface area contributed by atoms with Gasteiger partial charge in [-0.1, -0.05) is 35.9 Å². The third kappa shape index (κ3) is 3.87. The monoisotopic (exact) mass is 503 g/mol. The summed E-state index contributed by atoms with van der Waals surface area (Å²) in [6.07, 6.45) is 4.90. The molecule has 7 rings (SSSR count). The molecule has 0 unspecified atom stereocenters. The molecule has 0 N–H and O–H groups in total. The van der Waals surface area contributed by atoms with E-state index in [0.717, 1.165) is 34.7 Å². The van der Waals surface area contributed by atoms with E-state index < -0.39 is 11.7 Å². The molecule has 36 heavy (non-hydrogen) atoms. The van der Waals surface area contributed by atoms with E-state index >= 15 is 0 Å². The highest BCUT2D eigenvalue weighted by molar-refractivity contribution is 6.30. The number of hydrogen-bond donors (Lipinski definition) is 0. The van der Waals surface area contributed by atoms with Gasteiger partial charge in [0.15, 0.2) is 11.5 Å². The highest BCUT2D eigenvalue weighted by Gasteiger charge is 2.38. The van der Waals surface area contributed by atoms with Gasteiger partial charge in [-0.3, -0.25) is 4.79 Å². The van der Waals surface area contributed by atoms with Crippen molar-refractivity contribution in [3.8, 4) is 17.1 Å². The van der Waals surface area contributed by atoms with Gasteiger partial charge in [0.25, 0.3) is 5.91 Å². The van der Waals surface area contributed by atoms with Gasteiger partial charge in [0, 0.05) is 35.1 Å². The minimum absolute atomic E-state index is 0.0828. The fraction of sp³-hybridized carbons (Fsp3) is 0.222. The maximum Gasteiger partial charge on any atom is 0.276 e. The minimum atomic E-state index is -0.647. The van der Waals surface area contributed by atoms with E-state index in [1.54, 1.807) is 4.90 Å². The molecule has 1 fully saturated rings. The van der Waals surface area contributed by atoms with Crippen LogP contribution in [0.4, 0.5) is 4.39 Å². The summed E-state index contributed by atoms with van der Waals surface area (Å²) in [5.41, 5.74) is 4.63. The van der Waals surface area contributed by atoms with Crippen molar-refractivity contribution in [3.63, 3.8) is 0 Å². The molecular weight excluding hydrogens is 481 g/mol. The van der Waals surface area contributed by atoms with Gasteiger partial charge >= 0.3 is 0 Å². The van der Waals surface area contributed by atoms with Crippen molar-refractivity contribution in [1.29, 1.82) is 0 Å². The molecule has 1 aromatic carbocycles. The number of fused-ring (bicyclic) bond motifs is 4. The molecule has 3 aromatic heterocycles. The van der Waals surface area contributed by atoms with E-state index in [0.29, 0.717) is 24.7 Å². The van der Waals surface area contributed by atoms with E-state index in [-0.39, 0.29) is 17.6 Å². The highest BCUT2D eigenvalue weighted by Crippen LogP contribution is 2.33. The second-order valence-corrected chi connectivity index (χ2v) is 9.36. The molecule has 4 aromatic rings. The van der Waals surface area contributed by atoms with Crippen molar-refractivity contribution in [2.24, 2.45) is 0 Å². The standard InChI is InChI=1S/C27H23ClFN5O2/c1-36-24-12-11-21(29)26(31-24)27(35)34-15-19-9-10-20(34)14-32(19)16-22-25(17-5-7-18(28)8-6-17)30-23-4-2-3-13-33(22)23/h2-9,11-13,20H,10,14-16H2,1H3/t20-/m0/s1. The average molecular weight is 504 g/mol. The Balaban J connectivity index is 1.29. The fourth-order valence-corrected chi connectivity index (χ4v) is 5.11. The zero-order valence-corrected chi connectivity index (χ0v) is 20.3. The van der Waals surface area contributed by atoms with E-state index in [1.165, 1.54) is 19.2 Å². The third-order valence-electron chi connectivity index (χ3n) is 6.82. The van der Waals surface area contributed by atoms with Crippen LogP contribution in [0, 0.1) is 5.82 Å². The predicted octanol–water partition coefficient (Wildman–Crippen LogP) is 4.81. The number of pyridine rings is 2. The van der Waals surface area contributed by atoms with Crippen LogP contribution in [0.2, 0.25) is 5.02 Å². The molecule has 3 aliphatic rings. The van der Waals surface area contributed by atoms with E-state index in [4.69, 9.17) is 21.3 Å². The zero-order valence-electron chi connectivity index (χ0n) is 19.6. The summed E-state index contributed by atoms with van der Waals surface area (Å²) in [6.45, 7) is 1.66. The first-order valence-corrected chi connectivity index (χ1v) is 12.1. The maximum absolute atomic E-state index is 14.5. The first-order chi connectivity index (χ1) is 17.5. The summed E-state index contributed by atoms with van der Waals surface area (Å²) in [5.74, 6) is -0.852. The van der Waals surface area contributed by atoms with Crippen LogP contribution >= 0.6 is 11.6 Å². The lowest BCUT2D eigenvalue weighted by Crippen LogP contribution is -2.56. The van der Waals surface area contributed by atoms with Gasteiger partial charge in [-0.2, -0.15) is 0 Å². The number of benzene rings is 1. The summed E-state index contributed by atoms with van der Waals surface area (Å²) in [6, 6.07) is 16.2. The molecule has 7 nitrogen and oxygen atoms in total. The smallest absolute Gasteiger partial charge is 0.276 e. The number of aromatic nitrogens is 3. The lowest BCUT2D eigenvalue weighted by molar-refractivity contribution is 0.0494. The number of piperazine rings is 1. The summed E-state index contributed by atoms with van der Waals surface area (Å²) in [7, 11) is 1.44. The van der Waals surface area contributed by atoms with Crippen LogP contribution in [0.15, 0.2) is 72.6 Å². The molecular formula is C27H23ClFN5O2. The van der Waals surface area contributed by atoms with Crippen LogP contribution in [-0.2, 0) is 6.54 Å². The Hall–Kier alpha value is -3.91. The molecule has 1 saturated heterocycles. The number of amides is 1. The van der Waals surface area contributed by atoms with E-state index in [9.17, 15) is 9.18 Å². The number of hydrogen-bond acceptors (Lipinski definition) is 5. The maximum atomic E-state index is 14.5. The number of carbonyl (C=O) groups excluding carboxylic acids is 1. The number of imidazole rings is 1. The van der Waals surface area contributed by atoms with E-state index in [1.807, 2.05) is 48.7 Å². The first-order valence-electron chi connectivity index (χ1n) is 11.7. The number of ether oxygens (including phenoxy) is 1. The van der Waals surface area contributed by atoms with Crippen molar-refractivity contribution >= 4 is 23.2 Å². The Bertz CT molecular complexity index is 1500. The number of carbonyl (C=O) groups is 1. The van der Waals surface area contributed by atoms with Crippen LogP contribution < -0.4 is 4.74 Å². The largest absolute Gasteiger partial charge is 0.481 e. The quantitative estimate of drug-likeness (QED) is 0.391. The molecule has 0 aliphatic carbocycles. The Morgan fingerprint density at radius 3 is 2.72 bits per heavy atom. The van der Waals surface area contributed by atoms with Crippen molar-refractivity contribution in [1.82, 2.24) is 24.2 Å². The summed E-state index contributed by atoms with van der Waals surface area (Å²) in [5, 5.41) is 0.675. The molecule has 1 atom stereocenters. The average Bonchev–Trinajstić information content (AvgIpc) is 3.27. The van der Waals surface area contributed by atoms with Crippen LogP contribution in [0.3, 0.4) is 0 Å². The fourth-order valence-electron chi connectivity index (χ4n) is 4.99. The molecule has 0 spiro atoms. The second-order valence-electron chi connectivity index (χ2n) is 8.93. The zero-order chi connectivity index (χ0) is 24.8. The summed E-state index contributed by atoms with van der Waals surface area (Å²) in [4.78, 5) is 26.2. The van der Waals surface area contributed by atoms with Crippen LogP contribution in [0.25, 0.3) is 16.9 Å². The highest BCUT2D eigenvalue weighted by atomic mass is 35.5. The summed E-state index contributed by atoms with van der Waals surface area (Å²) >= 11 is 6.12. The van der Waals surface area contributed by atoms with Gasteiger partial charge in [-0.05, 0) is 36.8 Å². The predicted molar refractivity (Wildman–Crippen MR) is 134 cm³/mol. The SMILES string of the molecule is COc1ccc(F)c(C(=O)N2CC3=CC[C@H]2CN3Cc2c(-c3ccc(Cl)cc3)nc3ccccn23)n1. The van der Waals surface area contributed by atoms with Gasteiger partial charge < -0.3 is 18.9 Å². The van der Waals surface area contributed by atoms with Gasteiger partial charge in [-0.25, -0.2) is 14.4 Å². The van der Waals surface area contributed by atoms with Gasteiger partial charge in [0.05, 0.1) is 37.6 Å². The van der Waals surface area contributed by atoms with Crippen molar-refractivity contribution in [2.45, 2.75) is 19.0 Å². The molecule has 6 heterocycles. The van der Waals surface area contributed by atoms with Gasteiger partial charge in [0.2, 0.25) is 5.88 Å². The minimum Gasteiger partial charge on any atom is -0.481 e. The molecule has 2 bridgehead atoms. The van der Waals surface area contributed by atoms with Crippen LogP contribution in [0.1, 0.15) is 22.6 Å². The lowest BCUT2D eigenvalue weighted by atomic mass is 9.97. The number of methoxy groups -OCH3 is 1. The summed E-state index contributed by atoms with van der Waals surface area (Å²) < 4.78 is 21.6. The normalized spacial score (nSPS) is 17.0. The molecule has 9 heteroatoms. The number of halogens is 2. The molecule has 0 saturated carbocycles. The number of nitrogens with zero attached hydrogens (tertiary/aromatic N) is 5. The lowest BCUT2D eigenvalue weighted by Gasteiger charge is -2.47. The molecule has 0 radical (unpaired) electrons. The van der Waals surface area contributed by atoms with Gasteiger partial charge in [0.1, 0.15) is 5.65 Å². The molecule has 3 aliphatic heterocycles. The molecule has 1 amide bonds. The first kappa shape index (κ1) is 22.5. The van der Waals surface area contributed by atoms with Crippen molar-refractivity contribution in [2.75, 3.05) is 20.2 Å². The molecule has 182 valence electrons. The Labute approximate surface area is 212 Å². The Morgan fingerprint density at radius 1 is 1.14 bits per heavy atom. The van der Waals surface area contributed by atoms with Crippen LogP contribution in [-0.4, -0.2) is 56.3 Å². The van der Waals surface area contributed by atoms with E-state index in [2.05, 4.69) is 20.4 Å². The third-order valence-corrected chi connectivity index (χ3v) is 7.07. The van der Waals surface area contributed by atoms with Crippen molar-refractivity contribution in [3.05, 3.63) is 94.8 Å². The Morgan fingerprint density at radius 2 is 1.97 bits per heavy atom. The second kappa shape index (κ2) is 8.95. The van der Waals surface area contributed by atoms with Gasteiger partial charge in [-0.15, -0.1) is 0 Å². The number of rotatable bonds is 5. The topological polar surface area (TPSA) is 63.0 Å².